The Labute approximate surface area is 151 Å². The summed E-state index contributed by atoms with van der Waals surface area (Å²) in [6.07, 6.45) is 8.70. The van der Waals surface area contributed by atoms with Crippen LogP contribution in [0.2, 0.25) is 0 Å². The molecule has 2 aromatic heterocycles. The van der Waals surface area contributed by atoms with E-state index >= 15 is 0 Å². The van der Waals surface area contributed by atoms with Crippen molar-refractivity contribution in [3.63, 3.8) is 0 Å². The molecule has 25 heavy (non-hydrogen) atoms. The van der Waals surface area contributed by atoms with Crippen LogP contribution in [-0.4, -0.2) is 37.2 Å². The quantitative estimate of drug-likeness (QED) is 0.839. The summed E-state index contributed by atoms with van der Waals surface area (Å²) in [7, 11) is 1.95. The summed E-state index contributed by atoms with van der Waals surface area (Å²) < 4.78 is 4.33. The molecule has 1 saturated heterocycles. The molecule has 1 atom stereocenters. The van der Waals surface area contributed by atoms with E-state index in [0.717, 1.165) is 50.8 Å². The van der Waals surface area contributed by atoms with Crippen molar-refractivity contribution in [2.45, 2.75) is 52.3 Å². The molecule has 0 radical (unpaired) electrons. The lowest BCUT2D eigenvalue weighted by Crippen LogP contribution is -2.36. The average molecular weight is 345 g/mol. The first kappa shape index (κ1) is 18.2. The highest BCUT2D eigenvalue weighted by Gasteiger charge is 2.28. The molecule has 5 heteroatoms. The Hall–Kier alpha value is -1.59. The fourth-order valence-corrected chi connectivity index (χ4v) is 3.74. The van der Waals surface area contributed by atoms with Gasteiger partial charge in [-0.25, -0.2) is 4.98 Å². The predicted molar refractivity (Wildman–Crippen MR) is 100 cm³/mol. The molecule has 0 aromatic carbocycles. The molecule has 1 N–H and O–H groups in total. The molecule has 3 rings (SSSR count). The lowest BCUT2D eigenvalue weighted by atomic mass is 9.90. The van der Waals surface area contributed by atoms with E-state index in [1.807, 2.05) is 17.8 Å². The van der Waals surface area contributed by atoms with Gasteiger partial charge in [0.2, 0.25) is 0 Å². The Bertz CT molecular complexity index is 652. The fraction of sp³-hybridized carbons (Fsp3) is 0.650. The first-order chi connectivity index (χ1) is 12.0. The van der Waals surface area contributed by atoms with Gasteiger partial charge in [-0.05, 0) is 56.3 Å². The lowest BCUT2D eigenvalue weighted by molar-refractivity contribution is 0.0486. The van der Waals surface area contributed by atoms with Gasteiger partial charge >= 0.3 is 0 Å². The zero-order valence-electron chi connectivity index (χ0n) is 15.8. The van der Waals surface area contributed by atoms with Crippen molar-refractivity contribution in [2.24, 2.45) is 18.9 Å². The number of aliphatic hydroxyl groups is 1. The Kier molecular flexibility index (Phi) is 5.97. The molecule has 2 aromatic rings. The van der Waals surface area contributed by atoms with Gasteiger partial charge in [-0.15, -0.1) is 0 Å². The summed E-state index contributed by atoms with van der Waals surface area (Å²) in [6, 6.07) is 4.41. The maximum absolute atomic E-state index is 10.6. The molecule has 1 aliphatic rings. The second-order valence-corrected chi connectivity index (χ2v) is 7.83. The minimum atomic E-state index is -0.447. The molecule has 3 heterocycles. The van der Waals surface area contributed by atoms with Crippen LogP contribution >= 0.6 is 0 Å². The third-order valence-electron chi connectivity index (χ3n) is 5.46. The molecule has 1 unspecified atom stereocenters. The molecule has 0 saturated carbocycles. The van der Waals surface area contributed by atoms with Gasteiger partial charge < -0.3 is 14.2 Å². The van der Waals surface area contributed by atoms with E-state index in [2.05, 4.69) is 46.6 Å². The van der Waals surface area contributed by atoms with Crippen LogP contribution in [0.5, 0.6) is 0 Å². The van der Waals surface area contributed by atoms with Gasteiger partial charge in [-0.1, -0.05) is 13.8 Å². The van der Waals surface area contributed by atoms with Crippen LogP contribution in [0, 0.1) is 11.8 Å². The van der Waals surface area contributed by atoms with Crippen molar-refractivity contribution in [2.75, 3.05) is 13.1 Å². The number of rotatable bonds is 7. The summed E-state index contributed by atoms with van der Waals surface area (Å²) in [4.78, 5) is 6.83. The highest BCUT2D eigenvalue weighted by Crippen LogP contribution is 2.30. The molecule has 138 valence electrons. The maximum atomic E-state index is 10.6. The third kappa shape index (κ3) is 4.53. The fourth-order valence-electron chi connectivity index (χ4n) is 3.74. The first-order valence-electron chi connectivity index (χ1n) is 9.56. The van der Waals surface area contributed by atoms with Gasteiger partial charge in [0.25, 0.3) is 0 Å². The Morgan fingerprint density at radius 3 is 2.64 bits per heavy atom. The second-order valence-electron chi connectivity index (χ2n) is 7.83. The molecule has 1 aliphatic heterocycles. The van der Waals surface area contributed by atoms with E-state index in [-0.39, 0.29) is 0 Å². The van der Waals surface area contributed by atoms with E-state index in [0.29, 0.717) is 5.92 Å². The van der Waals surface area contributed by atoms with E-state index in [1.165, 1.54) is 12.1 Å². The van der Waals surface area contributed by atoms with Crippen LogP contribution in [-0.2, 0) is 20.1 Å². The zero-order valence-corrected chi connectivity index (χ0v) is 15.8. The van der Waals surface area contributed by atoms with Gasteiger partial charge in [0, 0.05) is 44.4 Å². The second kappa shape index (κ2) is 8.19. The van der Waals surface area contributed by atoms with E-state index < -0.39 is 6.10 Å². The number of piperidine rings is 1. The van der Waals surface area contributed by atoms with Gasteiger partial charge in [-0.2, -0.15) is 0 Å². The topological polar surface area (TPSA) is 46.2 Å². The predicted octanol–water partition coefficient (Wildman–Crippen LogP) is 3.21. The first-order valence-corrected chi connectivity index (χ1v) is 9.56. The van der Waals surface area contributed by atoms with E-state index in [1.54, 1.807) is 6.20 Å². The molecular weight excluding hydrogens is 312 g/mol. The molecule has 0 bridgehead atoms. The van der Waals surface area contributed by atoms with E-state index in [9.17, 15) is 5.11 Å². The number of nitrogens with zero attached hydrogens (tertiary/aromatic N) is 4. The van der Waals surface area contributed by atoms with Crippen LogP contribution in [0.1, 0.15) is 50.7 Å². The van der Waals surface area contributed by atoms with Crippen molar-refractivity contribution in [3.8, 4) is 0 Å². The van der Waals surface area contributed by atoms with Crippen molar-refractivity contribution in [1.29, 1.82) is 0 Å². The largest absolute Gasteiger partial charge is 0.385 e. The maximum Gasteiger partial charge on any atom is 0.137 e. The molecule has 1 fully saturated rings. The third-order valence-corrected chi connectivity index (χ3v) is 5.46. The normalized spacial score (nSPS) is 18.1. The number of aromatic nitrogens is 3. The summed E-state index contributed by atoms with van der Waals surface area (Å²) in [5.41, 5.74) is 1.41. The number of aryl methyl sites for hydroxylation is 2. The number of hydrogen-bond donors (Lipinski definition) is 1. The number of aliphatic hydroxyl groups excluding tert-OH is 1. The number of likely N-dealkylation sites (tertiary alicyclic amines) is 1. The van der Waals surface area contributed by atoms with Crippen molar-refractivity contribution in [3.05, 3.63) is 42.2 Å². The standard InChI is InChI=1S/C20H32N4O/c1-16(2)6-13-24-10-4-5-18(24)15-23-11-7-17(8-12-23)19(25)20-21-9-14-22(20)3/h4-5,9-10,14,16-17,19,25H,6-8,11-13,15H2,1-3H3. The summed E-state index contributed by atoms with van der Waals surface area (Å²) in [5, 5.41) is 10.6. The molecular formula is C20H32N4O. The van der Waals surface area contributed by atoms with Gasteiger partial charge in [0.1, 0.15) is 11.9 Å². The SMILES string of the molecule is CC(C)CCn1cccc1CN1CCC(C(O)c2nccn2C)CC1. The van der Waals surface area contributed by atoms with Crippen LogP contribution < -0.4 is 0 Å². The Morgan fingerprint density at radius 1 is 1.24 bits per heavy atom. The van der Waals surface area contributed by atoms with Crippen molar-refractivity contribution < 1.29 is 5.11 Å². The average Bonchev–Trinajstić information content (AvgIpc) is 3.22. The molecule has 0 spiro atoms. The highest BCUT2D eigenvalue weighted by molar-refractivity contribution is 5.07. The van der Waals surface area contributed by atoms with Crippen LogP contribution in [0.15, 0.2) is 30.7 Å². The van der Waals surface area contributed by atoms with Crippen LogP contribution in [0.25, 0.3) is 0 Å². The highest BCUT2D eigenvalue weighted by atomic mass is 16.3. The van der Waals surface area contributed by atoms with Gasteiger partial charge in [-0.3, -0.25) is 4.90 Å². The zero-order chi connectivity index (χ0) is 17.8. The van der Waals surface area contributed by atoms with Crippen molar-refractivity contribution >= 4 is 0 Å². The van der Waals surface area contributed by atoms with Crippen LogP contribution in [0.3, 0.4) is 0 Å². The van der Waals surface area contributed by atoms with Gasteiger partial charge in [0.15, 0.2) is 0 Å². The monoisotopic (exact) mass is 344 g/mol. The summed E-state index contributed by atoms with van der Waals surface area (Å²) in [5.74, 6) is 1.84. The van der Waals surface area contributed by atoms with Crippen molar-refractivity contribution in [1.82, 2.24) is 19.0 Å². The Morgan fingerprint density at radius 2 is 2.00 bits per heavy atom. The summed E-state index contributed by atoms with van der Waals surface area (Å²) in [6.45, 7) is 8.76. The van der Waals surface area contributed by atoms with Crippen LogP contribution in [0.4, 0.5) is 0 Å². The summed E-state index contributed by atoms with van der Waals surface area (Å²) >= 11 is 0. The van der Waals surface area contributed by atoms with E-state index in [4.69, 9.17) is 0 Å². The smallest absolute Gasteiger partial charge is 0.137 e. The molecule has 0 aliphatic carbocycles. The Balaban J connectivity index is 1.51. The number of hydrogen-bond acceptors (Lipinski definition) is 3. The lowest BCUT2D eigenvalue weighted by Gasteiger charge is -2.34. The number of imidazole rings is 1. The van der Waals surface area contributed by atoms with Gasteiger partial charge in [0.05, 0.1) is 0 Å². The minimum Gasteiger partial charge on any atom is -0.385 e. The molecule has 5 nitrogen and oxygen atoms in total. The minimum absolute atomic E-state index is 0.310. The molecule has 0 amide bonds.